The molecule has 1 aliphatic heterocycles. The molecular formula is C22H25N3O3. The number of carbonyl (C=O) groups excluding carboxylic acids is 3. The number of nitrogens with one attached hydrogen (secondary N) is 2. The molecule has 0 fully saturated rings. The SMILES string of the molecule is CCNC(=O)c1cccc(CNC(=O)c2ccc3c(c2)C(C)(C)C(=O)N3C)c1. The van der Waals surface area contributed by atoms with E-state index in [-0.39, 0.29) is 17.7 Å². The molecule has 3 amide bonds. The summed E-state index contributed by atoms with van der Waals surface area (Å²) >= 11 is 0. The van der Waals surface area contributed by atoms with Gasteiger partial charge in [0.2, 0.25) is 5.91 Å². The zero-order valence-corrected chi connectivity index (χ0v) is 16.6. The van der Waals surface area contributed by atoms with Crippen molar-refractivity contribution in [3.05, 3.63) is 64.7 Å². The molecule has 1 heterocycles. The molecule has 28 heavy (non-hydrogen) atoms. The van der Waals surface area contributed by atoms with E-state index >= 15 is 0 Å². The third-order valence-corrected chi connectivity index (χ3v) is 5.11. The zero-order valence-electron chi connectivity index (χ0n) is 16.6. The highest BCUT2D eigenvalue weighted by molar-refractivity contribution is 6.08. The predicted octanol–water partition coefficient (Wildman–Crippen LogP) is 2.62. The molecule has 0 saturated carbocycles. The molecule has 0 aromatic heterocycles. The molecule has 6 nitrogen and oxygen atoms in total. The number of nitrogens with zero attached hydrogens (tertiary/aromatic N) is 1. The Morgan fingerprint density at radius 2 is 1.68 bits per heavy atom. The summed E-state index contributed by atoms with van der Waals surface area (Å²) in [4.78, 5) is 38.6. The standard InChI is InChI=1S/C22H25N3O3/c1-5-23-19(26)15-8-6-7-14(11-15)13-24-20(27)16-9-10-18-17(12-16)22(2,3)21(28)25(18)4/h6-12H,5,13H2,1-4H3,(H,23,26)(H,24,27). The van der Waals surface area contributed by atoms with Crippen LogP contribution in [-0.4, -0.2) is 31.3 Å². The minimum atomic E-state index is -0.651. The third kappa shape index (κ3) is 3.50. The summed E-state index contributed by atoms with van der Waals surface area (Å²) in [5.74, 6) is -0.337. The van der Waals surface area contributed by atoms with Crippen LogP contribution in [0.1, 0.15) is 52.6 Å². The van der Waals surface area contributed by atoms with Crippen molar-refractivity contribution in [1.29, 1.82) is 0 Å². The van der Waals surface area contributed by atoms with E-state index in [1.165, 1.54) is 0 Å². The fraction of sp³-hybridized carbons (Fsp3) is 0.318. The number of carbonyl (C=O) groups is 3. The van der Waals surface area contributed by atoms with Gasteiger partial charge in [-0.05, 0) is 62.2 Å². The van der Waals surface area contributed by atoms with Crippen molar-refractivity contribution in [3.8, 4) is 0 Å². The summed E-state index contributed by atoms with van der Waals surface area (Å²) in [6, 6.07) is 12.5. The second-order valence-electron chi connectivity index (χ2n) is 7.46. The first-order valence-electron chi connectivity index (χ1n) is 9.33. The Labute approximate surface area is 164 Å². The number of hydrogen-bond acceptors (Lipinski definition) is 3. The van der Waals surface area contributed by atoms with Gasteiger partial charge in [-0.15, -0.1) is 0 Å². The van der Waals surface area contributed by atoms with Gasteiger partial charge in [-0.2, -0.15) is 0 Å². The first kappa shape index (κ1) is 19.6. The topological polar surface area (TPSA) is 78.5 Å². The molecule has 2 aromatic carbocycles. The fourth-order valence-corrected chi connectivity index (χ4v) is 3.48. The number of rotatable bonds is 5. The number of hydrogen-bond donors (Lipinski definition) is 2. The van der Waals surface area contributed by atoms with E-state index in [0.717, 1.165) is 16.8 Å². The molecule has 3 rings (SSSR count). The Morgan fingerprint density at radius 3 is 2.39 bits per heavy atom. The van der Waals surface area contributed by atoms with E-state index in [4.69, 9.17) is 0 Å². The monoisotopic (exact) mass is 379 g/mol. The van der Waals surface area contributed by atoms with Crippen LogP contribution in [0.2, 0.25) is 0 Å². The average Bonchev–Trinajstić information content (AvgIpc) is 2.86. The molecular weight excluding hydrogens is 354 g/mol. The van der Waals surface area contributed by atoms with Crippen LogP contribution in [0.25, 0.3) is 0 Å². The van der Waals surface area contributed by atoms with Gasteiger partial charge < -0.3 is 15.5 Å². The van der Waals surface area contributed by atoms with E-state index in [2.05, 4.69) is 10.6 Å². The number of anilines is 1. The molecule has 2 aromatic rings. The molecule has 1 aliphatic rings. The molecule has 0 saturated heterocycles. The Hall–Kier alpha value is -3.15. The molecule has 0 radical (unpaired) electrons. The maximum atomic E-state index is 12.6. The van der Waals surface area contributed by atoms with Crippen LogP contribution < -0.4 is 15.5 Å². The molecule has 0 atom stereocenters. The van der Waals surface area contributed by atoms with E-state index in [9.17, 15) is 14.4 Å². The Balaban J connectivity index is 1.74. The number of likely N-dealkylation sites (N-methyl/N-ethyl adjacent to an activating group) is 1. The predicted molar refractivity (Wildman–Crippen MR) is 108 cm³/mol. The Bertz CT molecular complexity index is 950. The van der Waals surface area contributed by atoms with Gasteiger partial charge >= 0.3 is 0 Å². The molecule has 0 aliphatic carbocycles. The Morgan fingerprint density at radius 1 is 1.00 bits per heavy atom. The van der Waals surface area contributed by atoms with Gasteiger partial charge in [-0.1, -0.05) is 12.1 Å². The summed E-state index contributed by atoms with van der Waals surface area (Å²) in [5.41, 5.74) is 2.95. The zero-order chi connectivity index (χ0) is 20.5. The molecule has 6 heteroatoms. The smallest absolute Gasteiger partial charge is 0.251 e. The average molecular weight is 379 g/mol. The lowest BCUT2D eigenvalue weighted by atomic mass is 9.85. The van der Waals surface area contributed by atoms with Crippen LogP contribution in [0, 0.1) is 0 Å². The van der Waals surface area contributed by atoms with Gasteiger partial charge in [0.05, 0.1) is 5.41 Å². The lowest BCUT2D eigenvalue weighted by Gasteiger charge is -2.16. The minimum Gasteiger partial charge on any atom is -0.352 e. The highest BCUT2D eigenvalue weighted by atomic mass is 16.2. The molecule has 2 N–H and O–H groups in total. The van der Waals surface area contributed by atoms with E-state index in [0.29, 0.717) is 24.2 Å². The lowest BCUT2D eigenvalue weighted by Crippen LogP contribution is -2.33. The summed E-state index contributed by atoms with van der Waals surface area (Å²) < 4.78 is 0. The summed E-state index contributed by atoms with van der Waals surface area (Å²) in [6.45, 7) is 6.47. The van der Waals surface area contributed by atoms with Gasteiger partial charge in [0.15, 0.2) is 0 Å². The van der Waals surface area contributed by atoms with Gasteiger partial charge in [0, 0.05) is 37.0 Å². The molecule has 0 spiro atoms. The lowest BCUT2D eigenvalue weighted by molar-refractivity contribution is -0.121. The maximum absolute atomic E-state index is 12.6. The second kappa shape index (κ2) is 7.46. The summed E-state index contributed by atoms with van der Waals surface area (Å²) in [5, 5.41) is 5.65. The van der Waals surface area contributed by atoms with Crippen molar-refractivity contribution in [2.24, 2.45) is 0 Å². The number of benzene rings is 2. The van der Waals surface area contributed by atoms with Crippen LogP contribution in [0.3, 0.4) is 0 Å². The number of fused-ring (bicyclic) bond motifs is 1. The third-order valence-electron chi connectivity index (χ3n) is 5.11. The van der Waals surface area contributed by atoms with Crippen LogP contribution in [0.4, 0.5) is 5.69 Å². The maximum Gasteiger partial charge on any atom is 0.251 e. The summed E-state index contributed by atoms with van der Waals surface area (Å²) in [6.07, 6.45) is 0. The van der Waals surface area contributed by atoms with E-state index in [1.807, 2.05) is 32.9 Å². The minimum absolute atomic E-state index is 0.0160. The Kier molecular flexibility index (Phi) is 5.23. The van der Waals surface area contributed by atoms with Crippen molar-refractivity contribution in [1.82, 2.24) is 10.6 Å². The molecule has 0 bridgehead atoms. The van der Waals surface area contributed by atoms with Gasteiger partial charge in [-0.25, -0.2) is 0 Å². The van der Waals surface area contributed by atoms with Crippen molar-refractivity contribution in [3.63, 3.8) is 0 Å². The van der Waals surface area contributed by atoms with Gasteiger partial charge in [0.25, 0.3) is 11.8 Å². The first-order chi connectivity index (χ1) is 13.3. The van der Waals surface area contributed by atoms with Crippen molar-refractivity contribution < 1.29 is 14.4 Å². The molecule has 0 unspecified atom stereocenters. The van der Waals surface area contributed by atoms with Crippen LogP contribution in [-0.2, 0) is 16.8 Å². The van der Waals surface area contributed by atoms with Crippen LogP contribution >= 0.6 is 0 Å². The highest BCUT2D eigenvalue weighted by Gasteiger charge is 2.42. The van der Waals surface area contributed by atoms with Crippen molar-refractivity contribution in [2.75, 3.05) is 18.5 Å². The van der Waals surface area contributed by atoms with Gasteiger partial charge in [0.1, 0.15) is 0 Å². The van der Waals surface area contributed by atoms with Gasteiger partial charge in [-0.3, -0.25) is 14.4 Å². The largest absolute Gasteiger partial charge is 0.352 e. The number of amides is 3. The normalized spacial score (nSPS) is 14.6. The van der Waals surface area contributed by atoms with E-state index < -0.39 is 5.41 Å². The quantitative estimate of drug-likeness (QED) is 0.838. The van der Waals surface area contributed by atoms with Crippen molar-refractivity contribution in [2.45, 2.75) is 32.7 Å². The van der Waals surface area contributed by atoms with Crippen LogP contribution in [0.5, 0.6) is 0 Å². The highest BCUT2D eigenvalue weighted by Crippen LogP contribution is 2.41. The second-order valence-corrected chi connectivity index (χ2v) is 7.46. The first-order valence-corrected chi connectivity index (χ1v) is 9.33. The molecule has 146 valence electrons. The van der Waals surface area contributed by atoms with Crippen LogP contribution in [0.15, 0.2) is 42.5 Å². The van der Waals surface area contributed by atoms with Crippen molar-refractivity contribution >= 4 is 23.4 Å². The fourth-order valence-electron chi connectivity index (χ4n) is 3.48. The van der Waals surface area contributed by atoms with E-state index in [1.54, 1.807) is 42.3 Å². The summed E-state index contributed by atoms with van der Waals surface area (Å²) in [7, 11) is 1.75.